The maximum atomic E-state index is 12.4. The van der Waals surface area contributed by atoms with Gasteiger partial charge in [-0.2, -0.15) is 0 Å². The van der Waals surface area contributed by atoms with Gasteiger partial charge in [-0.15, -0.1) is 11.3 Å². The molecule has 3 heterocycles. The van der Waals surface area contributed by atoms with Crippen LogP contribution in [0.1, 0.15) is 28.2 Å². The van der Waals surface area contributed by atoms with E-state index in [-0.39, 0.29) is 5.91 Å². The number of rotatable bonds is 3. The van der Waals surface area contributed by atoms with E-state index in [1.165, 1.54) is 11.3 Å². The van der Waals surface area contributed by atoms with E-state index in [1.54, 1.807) is 12.4 Å². The molecule has 1 amide bonds. The van der Waals surface area contributed by atoms with Crippen molar-refractivity contribution < 1.29 is 4.79 Å². The SMILES string of the molecule is Nc1nccnc1C[C@@H]1CCCN(C(=O)c2cccs2)C1. The highest BCUT2D eigenvalue weighted by molar-refractivity contribution is 7.12. The zero-order valence-electron chi connectivity index (χ0n) is 11.7. The number of piperidine rings is 1. The van der Waals surface area contributed by atoms with Crippen molar-refractivity contribution >= 4 is 23.1 Å². The number of nitrogen functional groups attached to an aromatic ring is 1. The number of likely N-dealkylation sites (tertiary alicyclic amines) is 1. The minimum absolute atomic E-state index is 0.141. The van der Waals surface area contributed by atoms with E-state index in [1.807, 2.05) is 22.4 Å². The molecule has 5 nitrogen and oxygen atoms in total. The number of nitrogens with zero attached hydrogens (tertiary/aromatic N) is 3. The summed E-state index contributed by atoms with van der Waals surface area (Å²) in [6, 6.07) is 3.80. The van der Waals surface area contributed by atoms with Gasteiger partial charge in [-0.25, -0.2) is 4.98 Å². The van der Waals surface area contributed by atoms with Gasteiger partial charge in [0.25, 0.3) is 5.91 Å². The van der Waals surface area contributed by atoms with Crippen molar-refractivity contribution in [2.75, 3.05) is 18.8 Å². The third kappa shape index (κ3) is 3.21. The summed E-state index contributed by atoms with van der Waals surface area (Å²) < 4.78 is 0. The summed E-state index contributed by atoms with van der Waals surface area (Å²) in [7, 11) is 0. The van der Waals surface area contributed by atoms with Gasteiger partial charge < -0.3 is 10.6 Å². The number of aromatic nitrogens is 2. The largest absolute Gasteiger partial charge is 0.382 e. The number of thiophene rings is 1. The molecule has 0 aromatic carbocycles. The Kier molecular flexibility index (Phi) is 4.15. The van der Waals surface area contributed by atoms with E-state index in [9.17, 15) is 4.79 Å². The third-order valence-electron chi connectivity index (χ3n) is 3.83. The average Bonchev–Trinajstić information content (AvgIpc) is 3.03. The molecule has 0 spiro atoms. The van der Waals surface area contributed by atoms with Crippen LogP contribution in [-0.2, 0) is 6.42 Å². The Bertz CT molecular complexity index is 614. The summed E-state index contributed by atoms with van der Waals surface area (Å²) in [6.07, 6.45) is 6.19. The van der Waals surface area contributed by atoms with Gasteiger partial charge in [0, 0.05) is 25.5 Å². The zero-order chi connectivity index (χ0) is 14.7. The predicted molar refractivity (Wildman–Crippen MR) is 83.1 cm³/mol. The Labute approximate surface area is 127 Å². The first-order valence-electron chi connectivity index (χ1n) is 7.12. The van der Waals surface area contributed by atoms with Crippen LogP contribution in [0, 0.1) is 5.92 Å². The first-order chi connectivity index (χ1) is 10.2. The lowest BCUT2D eigenvalue weighted by molar-refractivity contribution is 0.0678. The highest BCUT2D eigenvalue weighted by atomic mass is 32.1. The van der Waals surface area contributed by atoms with Gasteiger partial charge in [0.1, 0.15) is 5.82 Å². The van der Waals surface area contributed by atoms with E-state index in [0.717, 1.165) is 42.9 Å². The highest BCUT2D eigenvalue weighted by Crippen LogP contribution is 2.23. The summed E-state index contributed by atoms with van der Waals surface area (Å²) in [5, 5.41) is 1.94. The maximum Gasteiger partial charge on any atom is 0.263 e. The van der Waals surface area contributed by atoms with Gasteiger partial charge >= 0.3 is 0 Å². The van der Waals surface area contributed by atoms with Crippen LogP contribution in [0.25, 0.3) is 0 Å². The number of nitrogens with two attached hydrogens (primary N) is 1. The number of amides is 1. The minimum Gasteiger partial charge on any atom is -0.382 e. The number of hydrogen-bond donors (Lipinski definition) is 1. The second kappa shape index (κ2) is 6.22. The molecule has 1 fully saturated rings. The molecule has 21 heavy (non-hydrogen) atoms. The second-order valence-corrected chi connectivity index (χ2v) is 6.28. The lowest BCUT2D eigenvalue weighted by atomic mass is 9.93. The quantitative estimate of drug-likeness (QED) is 0.943. The maximum absolute atomic E-state index is 12.4. The molecule has 0 aliphatic carbocycles. The first-order valence-corrected chi connectivity index (χ1v) is 8.00. The lowest BCUT2D eigenvalue weighted by Crippen LogP contribution is -2.40. The minimum atomic E-state index is 0.141. The van der Waals surface area contributed by atoms with E-state index in [2.05, 4.69) is 9.97 Å². The second-order valence-electron chi connectivity index (χ2n) is 5.33. The van der Waals surface area contributed by atoms with Crippen LogP contribution in [0.5, 0.6) is 0 Å². The van der Waals surface area contributed by atoms with Crippen molar-refractivity contribution in [2.45, 2.75) is 19.3 Å². The van der Waals surface area contributed by atoms with E-state index in [4.69, 9.17) is 5.73 Å². The van der Waals surface area contributed by atoms with Crippen LogP contribution < -0.4 is 5.73 Å². The van der Waals surface area contributed by atoms with Crippen LogP contribution >= 0.6 is 11.3 Å². The standard InChI is InChI=1S/C15H18N4OS/c16-14-12(17-5-6-18-14)9-11-3-1-7-19(10-11)15(20)13-4-2-8-21-13/h2,4-6,8,11H,1,3,7,9-10H2,(H2,16,18)/t11-/m0/s1. The topological polar surface area (TPSA) is 72.1 Å². The van der Waals surface area contributed by atoms with Gasteiger partial charge in [0.15, 0.2) is 0 Å². The number of hydrogen-bond acceptors (Lipinski definition) is 5. The van der Waals surface area contributed by atoms with Crippen LogP contribution in [-0.4, -0.2) is 33.9 Å². The summed E-state index contributed by atoms with van der Waals surface area (Å²) in [5.74, 6) is 1.04. The van der Waals surface area contributed by atoms with Crippen molar-refractivity contribution in [1.29, 1.82) is 0 Å². The Hall–Kier alpha value is -1.95. The molecular formula is C15H18N4OS. The summed E-state index contributed by atoms with van der Waals surface area (Å²) >= 11 is 1.50. The predicted octanol–water partition coefficient (Wildman–Crippen LogP) is 2.22. The van der Waals surface area contributed by atoms with Gasteiger partial charge in [-0.3, -0.25) is 9.78 Å². The molecule has 0 radical (unpaired) electrons. The van der Waals surface area contributed by atoms with Crippen LogP contribution in [0.15, 0.2) is 29.9 Å². The third-order valence-corrected chi connectivity index (χ3v) is 4.68. The molecule has 2 aromatic rings. The molecule has 0 bridgehead atoms. The van der Waals surface area contributed by atoms with Crippen molar-refractivity contribution in [3.05, 3.63) is 40.5 Å². The Morgan fingerprint density at radius 3 is 3.05 bits per heavy atom. The summed E-state index contributed by atoms with van der Waals surface area (Å²) in [5.41, 5.74) is 6.70. The molecule has 2 N–H and O–H groups in total. The zero-order valence-corrected chi connectivity index (χ0v) is 12.6. The smallest absolute Gasteiger partial charge is 0.263 e. The molecule has 0 saturated carbocycles. The summed E-state index contributed by atoms with van der Waals surface area (Å²) in [6.45, 7) is 1.61. The van der Waals surface area contributed by atoms with Gasteiger partial charge in [0.05, 0.1) is 10.6 Å². The molecule has 1 aliphatic rings. The van der Waals surface area contributed by atoms with Crippen LogP contribution in [0.4, 0.5) is 5.82 Å². The van der Waals surface area contributed by atoms with Crippen LogP contribution in [0.2, 0.25) is 0 Å². The first kappa shape index (κ1) is 14.0. The van der Waals surface area contributed by atoms with Crippen molar-refractivity contribution in [1.82, 2.24) is 14.9 Å². The lowest BCUT2D eigenvalue weighted by Gasteiger charge is -2.32. The van der Waals surface area contributed by atoms with E-state index in [0.29, 0.717) is 11.7 Å². The molecule has 110 valence electrons. The summed E-state index contributed by atoms with van der Waals surface area (Å²) in [4.78, 5) is 23.6. The number of carbonyl (C=O) groups is 1. The Morgan fingerprint density at radius 1 is 1.43 bits per heavy atom. The van der Waals surface area contributed by atoms with Gasteiger partial charge in [-0.05, 0) is 36.6 Å². The molecule has 1 atom stereocenters. The number of anilines is 1. The molecule has 1 saturated heterocycles. The van der Waals surface area contributed by atoms with E-state index >= 15 is 0 Å². The van der Waals surface area contributed by atoms with Crippen molar-refractivity contribution in [2.24, 2.45) is 5.92 Å². The fourth-order valence-corrected chi connectivity index (χ4v) is 3.47. The molecule has 2 aromatic heterocycles. The van der Waals surface area contributed by atoms with Crippen LogP contribution in [0.3, 0.4) is 0 Å². The normalized spacial score (nSPS) is 18.7. The van der Waals surface area contributed by atoms with Gasteiger partial charge in [-0.1, -0.05) is 6.07 Å². The Balaban J connectivity index is 1.66. The van der Waals surface area contributed by atoms with E-state index < -0.39 is 0 Å². The molecule has 6 heteroatoms. The fourth-order valence-electron chi connectivity index (χ4n) is 2.78. The van der Waals surface area contributed by atoms with Crippen molar-refractivity contribution in [3.63, 3.8) is 0 Å². The highest BCUT2D eigenvalue weighted by Gasteiger charge is 2.25. The molecular weight excluding hydrogens is 284 g/mol. The fraction of sp³-hybridized carbons (Fsp3) is 0.400. The number of carbonyl (C=O) groups excluding carboxylic acids is 1. The molecule has 0 unspecified atom stereocenters. The van der Waals surface area contributed by atoms with Gasteiger partial charge in [0.2, 0.25) is 0 Å². The monoisotopic (exact) mass is 302 g/mol. The molecule has 1 aliphatic heterocycles. The average molecular weight is 302 g/mol. The van der Waals surface area contributed by atoms with Crippen molar-refractivity contribution in [3.8, 4) is 0 Å². The molecule has 3 rings (SSSR count). The Morgan fingerprint density at radius 2 is 2.29 bits per heavy atom.